The van der Waals surface area contributed by atoms with E-state index in [0.717, 1.165) is 0 Å². The zero-order valence-electron chi connectivity index (χ0n) is 21.4. The Labute approximate surface area is 219 Å². The summed E-state index contributed by atoms with van der Waals surface area (Å²) in [7, 11) is -4.14. The molecule has 6 N–H and O–H groups in total. The maximum atomic E-state index is 13.7. The van der Waals surface area contributed by atoms with Gasteiger partial charge in [-0.2, -0.15) is 15.1 Å². The van der Waals surface area contributed by atoms with Crippen LogP contribution in [0.1, 0.15) is 33.9 Å². The number of aliphatic hydroxyl groups is 1. The van der Waals surface area contributed by atoms with E-state index in [9.17, 15) is 14.5 Å². The molecule has 0 saturated carbocycles. The van der Waals surface area contributed by atoms with Crippen LogP contribution in [0.25, 0.3) is 11.2 Å². The monoisotopic (exact) mass is 549 g/mol. The highest BCUT2D eigenvalue weighted by Gasteiger charge is 2.44. The summed E-state index contributed by atoms with van der Waals surface area (Å²) in [6.07, 6.45) is -1.52. The van der Waals surface area contributed by atoms with Crippen LogP contribution in [0.2, 0.25) is 0 Å². The number of nitrogen functional groups attached to an aromatic ring is 2. The largest absolute Gasteiger partial charge is 0.462 e. The molecule has 0 radical (unpaired) electrons. The van der Waals surface area contributed by atoms with Crippen molar-refractivity contribution in [3.63, 3.8) is 0 Å². The van der Waals surface area contributed by atoms with Crippen molar-refractivity contribution in [3.05, 3.63) is 36.7 Å². The fraction of sp³-hybridized carbons (Fsp3) is 0.478. The van der Waals surface area contributed by atoms with Crippen molar-refractivity contribution < 1.29 is 33.0 Å². The molecule has 14 nitrogen and oxygen atoms in total. The van der Waals surface area contributed by atoms with Gasteiger partial charge in [0.1, 0.15) is 29.6 Å². The second kappa shape index (κ2) is 11.2. The highest BCUT2D eigenvalue weighted by atomic mass is 31.2. The first-order valence-corrected chi connectivity index (χ1v) is 13.6. The number of anilines is 2. The standard InChI is InChI=1S/C23H32N7O7P/c1-12(2)35-22(32)14(4)29-38(33,37-15-8-6-5-7-9-15)34-10-16-18(31)13(3)21(36-16)30-11-26-17-19(24)27-23(25)28-20(17)30/h5-9,11-14,16,18,21,31H,10H2,1-4H3,(H,29,33)(H4,24,25,27,28). The molecule has 0 aliphatic carbocycles. The summed E-state index contributed by atoms with van der Waals surface area (Å²) in [5, 5.41) is 13.5. The Morgan fingerprint density at radius 1 is 1.24 bits per heavy atom. The number of aromatic nitrogens is 4. The maximum Gasteiger partial charge on any atom is 0.459 e. The Balaban J connectivity index is 1.51. The summed E-state index contributed by atoms with van der Waals surface area (Å²) < 4.78 is 37.9. The van der Waals surface area contributed by atoms with E-state index in [1.807, 2.05) is 0 Å². The van der Waals surface area contributed by atoms with Crippen LogP contribution in [-0.2, 0) is 23.4 Å². The summed E-state index contributed by atoms with van der Waals surface area (Å²) in [4.78, 5) is 24.7. The lowest BCUT2D eigenvalue weighted by Gasteiger charge is -2.25. The van der Waals surface area contributed by atoms with Gasteiger partial charge in [0.05, 0.1) is 25.1 Å². The highest BCUT2D eigenvalue weighted by molar-refractivity contribution is 7.52. The summed E-state index contributed by atoms with van der Waals surface area (Å²) in [5.41, 5.74) is 12.3. The fourth-order valence-corrected chi connectivity index (χ4v) is 5.50. The van der Waals surface area contributed by atoms with Crippen molar-refractivity contribution in [2.24, 2.45) is 5.92 Å². The Morgan fingerprint density at radius 2 is 1.95 bits per heavy atom. The lowest BCUT2D eigenvalue weighted by Crippen LogP contribution is -2.37. The van der Waals surface area contributed by atoms with E-state index in [4.69, 9.17) is 30.0 Å². The van der Waals surface area contributed by atoms with Crippen LogP contribution in [0.5, 0.6) is 5.75 Å². The van der Waals surface area contributed by atoms with Gasteiger partial charge < -0.3 is 30.6 Å². The lowest BCUT2D eigenvalue weighted by molar-refractivity contribution is -0.149. The van der Waals surface area contributed by atoms with Crippen LogP contribution in [0.4, 0.5) is 11.8 Å². The Morgan fingerprint density at radius 3 is 2.63 bits per heavy atom. The third-order valence-electron chi connectivity index (χ3n) is 5.86. The van der Waals surface area contributed by atoms with Gasteiger partial charge in [0.15, 0.2) is 11.5 Å². The second-order valence-electron chi connectivity index (χ2n) is 9.24. The van der Waals surface area contributed by atoms with Gasteiger partial charge in [0.2, 0.25) is 5.95 Å². The molecular weight excluding hydrogens is 517 g/mol. The van der Waals surface area contributed by atoms with Gasteiger partial charge in [-0.3, -0.25) is 13.9 Å². The number of aliphatic hydroxyl groups excluding tert-OH is 1. The van der Waals surface area contributed by atoms with Crippen molar-refractivity contribution in [2.75, 3.05) is 18.1 Å². The smallest absolute Gasteiger partial charge is 0.459 e. The van der Waals surface area contributed by atoms with E-state index >= 15 is 0 Å². The topological polar surface area (TPSA) is 199 Å². The Kier molecular flexibility index (Phi) is 8.19. The lowest BCUT2D eigenvalue weighted by atomic mass is 10.0. The zero-order valence-corrected chi connectivity index (χ0v) is 22.3. The minimum absolute atomic E-state index is 0.0296. The number of hydrogen-bond donors (Lipinski definition) is 4. The predicted molar refractivity (Wildman–Crippen MR) is 138 cm³/mol. The molecule has 15 heteroatoms. The average molecular weight is 550 g/mol. The molecule has 3 aromatic rings. The third kappa shape index (κ3) is 6.05. The van der Waals surface area contributed by atoms with E-state index < -0.39 is 44.1 Å². The summed E-state index contributed by atoms with van der Waals surface area (Å²) >= 11 is 0. The number of rotatable bonds is 10. The van der Waals surface area contributed by atoms with Crippen molar-refractivity contribution in [2.45, 2.75) is 58.3 Å². The first kappa shape index (κ1) is 27.7. The van der Waals surface area contributed by atoms with Crippen molar-refractivity contribution in [1.29, 1.82) is 0 Å². The van der Waals surface area contributed by atoms with E-state index in [1.165, 1.54) is 13.3 Å². The molecule has 2 aromatic heterocycles. The van der Waals surface area contributed by atoms with Gasteiger partial charge >= 0.3 is 13.7 Å². The number of fused-ring (bicyclic) bond motifs is 1. The molecule has 1 aromatic carbocycles. The number of esters is 1. The number of carbonyl (C=O) groups excluding carboxylic acids is 1. The molecule has 1 aliphatic rings. The second-order valence-corrected chi connectivity index (χ2v) is 10.9. The van der Waals surface area contributed by atoms with E-state index in [0.29, 0.717) is 11.2 Å². The molecule has 0 bridgehead atoms. The molecular formula is C23H32N7O7P. The number of ether oxygens (including phenoxy) is 2. The minimum atomic E-state index is -4.14. The van der Waals surface area contributed by atoms with Crippen LogP contribution in [0.3, 0.4) is 0 Å². The van der Waals surface area contributed by atoms with E-state index in [1.54, 1.807) is 55.7 Å². The third-order valence-corrected chi connectivity index (χ3v) is 7.50. The number of nitrogens with zero attached hydrogens (tertiary/aromatic N) is 4. The zero-order chi connectivity index (χ0) is 27.6. The summed E-state index contributed by atoms with van der Waals surface area (Å²) in [6.45, 7) is 6.34. The van der Waals surface area contributed by atoms with E-state index in [-0.39, 0.29) is 30.2 Å². The SMILES string of the molecule is CC(C)OC(=O)C(C)NP(=O)(OCC1OC(n2cnc3c(N)nc(N)nc32)C(C)C1O)Oc1ccccc1. The Hall–Kier alpha value is -3.29. The molecule has 0 amide bonds. The van der Waals surface area contributed by atoms with Gasteiger partial charge in [-0.05, 0) is 32.9 Å². The number of carbonyl (C=O) groups is 1. The molecule has 38 heavy (non-hydrogen) atoms. The van der Waals surface area contributed by atoms with Crippen LogP contribution in [-0.4, -0.2) is 61.6 Å². The number of para-hydroxylation sites is 1. The molecule has 1 aliphatic heterocycles. The van der Waals surface area contributed by atoms with Crippen molar-refractivity contribution in [3.8, 4) is 5.75 Å². The normalized spacial score (nSPS) is 23.8. The fourth-order valence-electron chi connectivity index (χ4n) is 4.00. The van der Waals surface area contributed by atoms with Crippen LogP contribution < -0.4 is 21.1 Å². The first-order valence-electron chi connectivity index (χ1n) is 12.0. The average Bonchev–Trinajstić information content (AvgIpc) is 3.39. The molecule has 206 valence electrons. The van der Waals surface area contributed by atoms with Gasteiger partial charge in [-0.1, -0.05) is 25.1 Å². The number of nitrogens with two attached hydrogens (primary N) is 2. The first-order chi connectivity index (χ1) is 18.0. The molecule has 1 fully saturated rings. The van der Waals surface area contributed by atoms with Gasteiger partial charge in [-0.25, -0.2) is 9.55 Å². The van der Waals surface area contributed by atoms with Crippen LogP contribution in [0, 0.1) is 5.92 Å². The Bertz CT molecular complexity index is 1320. The predicted octanol–water partition coefficient (Wildman–Crippen LogP) is 2.02. The van der Waals surface area contributed by atoms with Crippen molar-refractivity contribution in [1.82, 2.24) is 24.6 Å². The van der Waals surface area contributed by atoms with Crippen molar-refractivity contribution >= 4 is 36.6 Å². The summed E-state index contributed by atoms with van der Waals surface area (Å²) in [5.74, 6) is -0.725. The molecule has 3 heterocycles. The highest BCUT2D eigenvalue weighted by Crippen LogP contribution is 2.46. The van der Waals surface area contributed by atoms with Crippen LogP contribution in [0.15, 0.2) is 36.7 Å². The molecule has 1 saturated heterocycles. The molecule has 0 spiro atoms. The molecule has 6 atom stereocenters. The molecule has 4 rings (SSSR count). The van der Waals surface area contributed by atoms with Gasteiger partial charge in [0.25, 0.3) is 0 Å². The number of benzene rings is 1. The number of imidazole rings is 1. The number of nitrogens with one attached hydrogen (secondary N) is 1. The maximum absolute atomic E-state index is 13.7. The minimum Gasteiger partial charge on any atom is -0.462 e. The van der Waals surface area contributed by atoms with Crippen LogP contribution >= 0.6 is 7.75 Å². The van der Waals surface area contributed by atoms with Gasteiger partial charge in [-0.15, -0.1) is 0 Å². The van der Waals surface area contributed by atoms with Gasteiger partial charge in [0, 0.05) is 5.92 Å². The quantitative estimate of drug-likeness (QED) is 0.212. The molecule has 6 unspecified atom stereocenters. The number of hydrogen-bond acceptors (Lipinski definition) is 12. The van der Waals surface area contributed by atoms with E-state index in [2.05, 4.69) is 20.0 Å². The summed E-state index contributed by atoms with van der Waals surface area (Å²) in [6, 6.07) is 7.34.